The highest BCUT2D eigenvalue weighted by atomic mass is 16.1. The van der Waals surface area contributed by atoms with Crippen molar-refractivity contribution >= 4 is 5.91 Å². The Labute approximate surface area is 110 Å². The summed E-state index contributed by atoms with van der Waals surface area (Å²) >= 11 is 0. The summed E-state index contributed by atoms with van der Waals surface area (Å²) in [5.74, 6) is 0.0967. The van der Waals surface area contributed by atoms with Gasteiger partial charge in [-0.25, -0.2) is 0 Å². The van der Waals surface area contributed by atoms with E-state index in [1.54, 1.807) is 0 Å². The zero-order chi connectivity index (χ0) is 13.0. The van der Waals surface area contributed by atoms with Crippen LogP contribution in [0.1, 0.15) is 60.0 Å². The second-order valence-electron chi connectivity index (χ2n) is 5.48. The van der Waals surface area contributed by atoms with Crippen molar-refractivity contribution in [1.29, 1.82) is 0 Å². The van der Waals surface area contributed by atoms with Crippen molar-refractivity contribution in [2.75, 3.05) is 0 Å². The van der Waals surface area contributed by atoms with E-state index in [9.17, 15) is 4.79 Å². The summed E-state index contributed by atoms with van der Waals surface area (Å²) in [7, 11) is 0. The van der Waals surface area contributed by atoms with Crippen molar-refractivity contribution in [2.45, 2.75) is 58.4 Å². The van der Waals surface area contributed by atoms with Gasteiger partial charge in [0.25, 0.3) is 5.91 Å². The topological polar surface area (TPSA) is 29.1 Å². The molecule has 0 saturated heterocycles. The highest BCUT2D eigenvalue weighted by molar-refractivity contribution is 5.95. The molecule has 0 unspecified atom stereocenters. The molecule has 1 fully saturated rings. The lowest BCUT2D eigenvalue weighted by Gasteiger charge is -2.17. The predicted octanol–water partition coefficient (Wildman–Crippen LogP) is 3.76. The van der Waals surface area contributed by atoms with E-state index in [-0.39, 0.29) is 5.91 Å². The predicted molar refractivity (Wildman–Crippen MR) is 74.9 cm³/mol. The lowest BCUT2D eigenvalue weighted by Crippen LogP contribution is -2.34. The molecule has 0 spiro atoms. The van der Waals surface area contributed by atoms with Gasteiger partial charge in [0.1, 0.15) is 0 Å². The van der Waals surface area contributed by atoms with E-state index < -0.39 is 0 Å². The van der Waals surface area contributed by atoms with Crippen LogP contribution in [0.15, 0.2) is 18.2 Å². The minimum atomic E-state index is 0.0967. The van der Waals surface area contributed by atoms with Gasteiger partial charge in [-0.3, -0.25) is 4.79 Å². The van der Waals surface area contributed by atoms with Crippen molar-refractivity contribution in [3.63, 3.8) is 0 Å². The SMILES string of the molecule is Cc1ccc(C(=O)NC2CCCCCC2)c(C)c1. The molecule has 98 valence electrons. The van der Waals surface area contributed by atoms with Gasteiger partial charge in [-0.05, 0) is 38.3 Å². The van der Waals surface area contributed by atoms with E-state index in [0.717, 1.165) is 24.0 Å². The summed E-state index contributed by atoms with van der Waals surface area (Å²) in [6, 6.07) is 6.40. The molecule has 0 heterocycles. The molecule has 2 heteroatoms. The van der Waals surface area contributed by atoms with Crippen LogP contribution < -0.4 is 5.32 Å². The largest absolute Gasteiger partial charge is 0.349 e. The number of hydrogen-bond donors (Lipinski definition) is 1. The molecule has 2 rings (SSSR count). The molecular formula is C16H23NO. The van der Waals surface area contributed by atoms with E-state index >= 15 is 0 Å². The van der Waals surface area contributed by atoms with Gasteiger partial charge in [-0.1, -0.05) is 43.4 Å². The van der Waals surface area contributed by atoms with Crippen molar-refractivity contribution < 1.29 is 4.79 Å². The Balaban J connectivity index is 2.02. The molecule has 0 radical (unpaired) electrons. The van der Waals surface area contributed by atoms with Gasteiger partial charge < -0.3 is 5.32 Å². The van der Waals surface area contributed by atoms with Crippen LogP contribution in [0, 0.1) is 13.8 Å². The molecule has 1 aliphatic rings. The second kappa shape index (κ2) is 6.03. The summed E-state index contributed by atoms with van der Waals surface area (Å²) in [6.45, 7) is 4.06. The van der Waals surface area contributed by atoms with Crippen LogP contribution in [0.3, 0.4) is 0 Å². The maximum atomic E-state index is 12.2. The Kier molecular flexibility index (Phi) is 4.40. The average Bonchev–Trinajstić information content (AvgIpc) is 2.57. The van der Waals surface area contributed by atoms with Gasteiger partial charge in [0.15, 0.2) is 0 Å². The summed E-state index contributed by atoms with van der Waals surface area (Å²) in [6.07, 6.45) is 7.40. The standard InChI is InChI=1S/C16H23NO/c1-12-9-10-15(13(2)11-12)16(18)17-14-7-5-3-4-6-8-14/h9-11,14H,3-8H2,1-2H3,(H,17,18). The Morgan fingerprint density at radius 3 is 2.39 bits per heavy atom. The third-order valence-corrected chi connectivity index (χ3v) is 3.82. The second-order valence-corrected chi connectivity index (χ2v) is 5.48. The average molecular weight is 245 g/mol. The summed E-state index contributed by atoms with van der Waals surface area (Å²) < 4.78 is 0. The van der Waals surface area contributed by atoms with Crippen molar-refractivity contribution in [3.05, 3.63) is 34.9 Å². The van der Waals surface area contributed by atoms with E-state index in [2.05, 4.69) is 18.3 Å². The fourth-order valence-electron chi connectivity index (χ4n) is 2.76. The Bertz CT molecular complexity index is 417. The van der Waals surface area contributed by atoms with Crippen LogP contribution in [0.25, 0.3) is 0 Å². The molecule has 1 aromatic carbocycles. The Hall–Kier alpha value is -1.31. The number of nitrogens with one attached hydrogen (secondary N) is 1. The smallest absolute Gasteiger partial charge is 0.251 e. The number of carbonyl (C=O) groups excluding carboxylic acids is 1. The zero-order valence-corrected chi connectivity index (χ0v) is 11.5. The molecule has 0 aliphatic heterocycles. The molecule has 1 amide bonds. The fourth-order valence-corrected chi connectivity index (χ4v) is 2.76. The first-order chi connectivity index (χ1) is 8.66. The van der Waals surface area contributed by atoms with Gasteiger partial charge >= 0.3 is 0 Å². The monoisotopic (exact) mass is 245 g/mol. The van der Waals surface area contributed by atoms with Crippen LogP contribution in [0.4, 0.5) is 0 Å². The minimum absolute atomic E-state index is 0.0967. The van der Waals surface area contributed by atoms with Gasteiger partial charge in [0.2, 0.25) is 0 Å². The zero-order valence-electron chi connectivity index (χ0n) is 11.5. The molecule has 1 saturated carbocycles. The summed E-state index contributed by atoms with van der Waals surface area (Å²) in [4.78, 5) is 12.2. The third-order valence-electron chi connectivity index (χ3n) is 3.82. The molecule has 0 aromatic heterocycles. The van der Waals surface area contributed by atoms with Gasteiger partial charge in [0, 0.05) is 11.6 Å². The third kappa shape index (κ3) is 3.34. The lowest BCUT2D eigenvalue weighted by molar-refractivity contribution is 0.0933. The Morgan fingerprint density at radius 1 is 1.11 bits per heavy atom. The molecule has 0 atom stereocenters. The first-order valence-corrected chi connectivity index (χ1v) is 7.05. The van der Waals surface area contributed by atoms with Crippen LogP contribution in [0.5, 0.6) is 0 Å². The van der Waals surface area contributed by atoms with Gasteiger partial charge in [-0.15, -0.1) is 0 Å². The van der Waals surface area contributed by atoms with Crippen molar-refractivity contribution in [3.8, 4) is 0 Å². The maximum Gasteiger partial charge on any atom is 0.251 e. The normalized spacial score (nSPS) is 17.2. The van der Waals surface area contributed by atoms with E-state index in [1.165, 1.54) is 31.2 Å². The number of benzene rings is 1. The number of aryl methyl sites for hydroxylation is 2. The van der Waals surface area contributed by atoms with E-state index in [1.807, 2.05) is 19.1 Å². The highest BCUT2D eigenvalue weighted by Gasteiger charge is 2.16. The van der Waals surface area contributed by atoms with Crippen molar-refractivity contribution in [1.82, 2.24) is 5.32 Å². The molecular weight excluding hydrogens is 222 g/mol. The molecule has 0 bridgehead atoms. The van der Waals surface area contributed by atoms with Crippen LogP contribution >= 0.6 is 0 Å². The molecule has 1 N–H and O–H groups in total. The van der Waals surface area contributed by atoms with Gasteiger partial charge in [-0.2, -0.15) is 0 Å². The first kappa shape index (κ1) is 13.1. The summed E-state index contributed by atoms with van der Waals surface area (Å²) in [5.41, 5.74) is 3.10. The first-order valence-electron chi connectivity index (χ1n) is 7.05. The number of carbonyl (C=O) groups is 1. The molecule has 2 nitrogen and oxygen atoms in total. The molecule has 1 aliphatic carbocycles. The lowest BCUT2D eigenvalue weighted by atomic mass is 10.0. The van der Waals surface area contributed by atoms with E-state index in [4.69, 9.17) is 0 Å². The number of rotatable bonds is 2. The summed E-state index contributed by atoms with van der Waals surface area (Å²) in [5, 5.41) is 3.20. The van der Waals surface area contributed by atoms with Crippen LogP contribution in [-0.2, 0) is 0 Å². The highest BCUT2D eigenvalue weighted by Crippen LogP contribution is 2.18. The Morgan fingerprint density at radius 2 is 1.78 bits per heavy atom. The number of amides is 1. The van der Waals surface area contributed by atoms with Crippen LogP contribution in [-0.4, -0.2) is 11.9 Å². The van der Waals surface area contributed by atoms with Crippen molar-refractivity contribution in [2.24, 2.45) is 0 Å². The fraction of sp³-hybridized carbons (Fsp3) is 0.562. The molecule has 18 heavy (non-hydrogen) atoms. The van der Waals surface area contributed by atoms with Gasteiger partial charge in [0.05, 0.1) is 0 Å². The maximum absolute atomic E-state index is 12.2. The minimum Gasteiger partial charge on any atom is -0.349 e. The van der Waals surface area contributed by atoms with E-state index in [0.29, 0.717) is 6.04 Å². The number of hydrogen-bond acceptors (Lipinski definition) is 1. The molecule has 1 aromatic rings. The quantitative estimate of drug-likeness (QED) is 0.790. The van der Waals surface area contributed by atoms with Crippen LogP contribution in [0.2, 0.25) is 0 Å².